The number of aromatic hydroxyl groups is 1. The van der Waals surface area contributed by atoms with Gasteiger partial charge in [-0.25, -0.2) is 0 Å². The van der Waals surface area contributed by atoms with Gasteiger partial charge >= 0.3 is 5.69 Å². The van der Waals surface area contributed by atoms with Gasteiger partial charge < -0.3 is 5.11 Å². The number of nitro groups is 1. The van der Waals surface area contributed by atoms with Gasteiger partial charge in [0.1, 0.15) is 0 Å². The lowest BCUT2D eigenvalue weighted by Crippen LogP contribution is -1.95. The molecule has 1 N–H and O–H groups in total. The van der Waals surface area contributed by atoms with Gasteiger partial charge in [-0.2, -0.15) is 0 Å². The van der Waals surface area contributed by atoms with E-state index in [1.807, 2.05) is 20.1 Å². The maximum absolute atomic E-state index is 10.7. The van der Waals surface area contributed by atoms with Gasteiger partial charge in [0.05, 0.1) is 4.92 Å². The second-order valence-corrected chi connectivity index (χ2v) is 4.38. The zero-order chi connectivity index (χ0) is 11.6. The molecule has 1 aromatic rings. The number of benzene rings is 1. The minimum Gasteiger partial charge on any atom is -0.502 e. The topological polar surface area (TPSA) is 63.4 Å². The Kier molecular flexibility index (Phi) is 3.57. The smallest absolute Gasteiger partial charge is 0.312 e. The van der Waals surface area contributed by atoms with Crippen molar-refractivity contribution >= 4 is 17.4 Å². The molecule has 0 atom stereocenters. The van der Waals surface area contributed by atoms with E-state index in [1.165, 1.54) is 17.8 Å². The van der Waals surface area contributed by atoms with Gasteiger partial charge in [0.2, 0.25) is 0 Å². The van der Waals surface area contributed by atoms with Gasteiger partial charge in [0.25, 0.3) is 0 Å². The van der Waals surface area contributed by atoms with E-state index in [0.29, 0.717) is 5.56 Å². The lowest BCUT2D eigenvalue weighted by atomic mass is 10.0. The standard InChI is InChI=1S/C10H13NO3S/c1-6(2)8-4-7(15-3)5-9(10(8)12)11(13)14/h4-6,12H,1-3H3. The van der Waals surface area contributed by atoms with Crippen molar-refractivity contribution in [3.05, 3.63) is 27.8 Å². The molecule has 0 bridgehead atoms. The quantitative estimate of drug-likeness (QED) is 0.489. The Labute approximate surface area is 92.5 Å². The zero-order valence-corrected chi connectivity index (χ0v) is 9.67. The molecule has 0 radical (unpaired) electrons. The van der Waals surface area contributed by atoms with Crippen molar-refractivity contribution in [1.29, 1.82) is 0 Å². The zero-order valence-electron chi connectivity index (χ0n) is 8.85. The fraction of sp³-hybridized carbons (Fsp3) is 0.400. The van der Waals surface area contributed by atoms with E-state index in [0.717, 1.165) is 4.90 Å². The highest BCUT2D eigenvalue weighted by molar-refractivity contribution is 7.98. The highest BCUT2D eigenvalue weighted by atomic mass is 32.2. The molecule has 1 rings (SSSR count). The first-order valence-corrected chi connectivity index (χ1v) is 5.75. The molecular weight excluding hydrogens is 214 g/mol. The van der Waals surface area contributed by atoms with Crippen molar-refractivity contribution < 1.29 is 10.0 Å². The van der Waals surface area contributed by atoms with E-state index < -0.39 is 4.92 Å². The lowest BCUT2D eigenvalue weighted by molar-refractivity contribution is -0.386. The minimum atomic E-state index is -0.555. The number of thioether (sulfide) groups is 1. The average molecular weight is 227 g/mol. The van der Waals surface area contributed by atoms with Crippen LogP contribution in [0.2, 0.25) is 0 Å². The summed E-state index contributed by atoms with van der Waals surface area (Å²) < 4.78 is 0. The Bertz CT molecular complexity index is 390. The van der Waals surface area contributed by atoms with Crippen LogP contribution in [0.4, 0.5) is 5.69 Å². The Morgan fingerprint density at radius 2 is 2.07 bits per heavy atom. The number of phenolic OH excluding ortho intramolecular Hbond substituents is 1. The van der Waals surface area contributed by atoms with Crippen LogP contribution in [-0.4, -0.2) is 16.3 Å². The Balaban J connectivity index is 3.40. The molecule has 0 fully saturated rings. The van der Waals surface area contributed by atoms with Crippen molar-refractivity contribution in [3.8, 4) is 5.75 Å². The third-order valence-corrected chi connectivity index (χ3v) is 2.85. The summed E-state index contributed by atoms with van der Waals surface area (Å²) in [6.07, 6.45) is 1.85. The summed E-state index contributed by atoms with van der Waals surface area (Å²) in [7, 11) is 0. The number of nitro benzene ring substituents is 1. The van der Waals surface area contributed by atoms with Crippen LogP contribution in [0.1, 0.15) is 25.3 Å². The van der Waals surface area contributed by atoms with Crippen LogP contribution in [0.15, 0.2) is 17.0 Å². The van der Waals surface area contributed by atoms with Crippen molar-refractivity contribution in [2.24, 2.45) is 0 Å². The van der Waals surface area contributed by atoms with Crippen molar-refractivity contribution in [2.75, 3.05) is 6.26 Å². The van der Waals surface area contributed by atoms with Crippen LogP contribution < -0.4 is 0 Å². The molecule has 82 valence electrons. The predicted octanol–water partition coefficient (Wildman–Crippen LogP) is 3.15. The van der Waals surface area contributed by atoms with E-state index in [9.17, 15) is 15.2 Å². The Morgan fingerprint density at radius 3 is 2.47 bits per heavy atom. The molecule has 0 aliphatic rings. The predicted molar refractivity (Wildman–Crippen MR) is 60.6 cm³/mol. The van der Waals surface area contributed by atoms with Crippen LogP contribution >= 0.6 is 11.8 Å². The molecule has 0 aliphatic heterocycles. The number of phenols is 1. The molecule has 0 aromatic heterocycles. The number of nitrogens with zero attached hydrogens (tertiary/aromatic N) is 1. The molecule has 5 heteroatoms. The highest BCUT2D eigenvalue weighted by Crippen LogP contribution is 2.37. The molecule has 0 saturated heterocycles. The molecule has 0 spiro atoms. The summed E-state index contributed by atoms with van der Waals surface area (Å²) in [6.45, 7) is 3.78. The average Bonchev–Trinajstić information content (AvgIpc) is 2.17. The number of hydrogen-bond acceptors (Lipinski definition) is 4. The Hall–Kier alpha value is -1.23. The van der Waals surface area contributed by atoms with E-state index in [1.54, 1.807) is 6.07 Å². The fourth-order valence-electron chi connectivity index (χ4n) is 1.31. The summed E-state index contributed by atoms with van der Waals surface area (Å²) in [5.74, 6) is -0.149. The van der Waals surface area contributed by atoms with Crippen molar-refractivity contribution in [2.45, 2.75) is 24.7 Å². The third kappa shape index (κ3) is 2.41. The van der Waals surface area contributed by atoms with Gasteiger partial charge in [-0.1, -0.05) is 13.8 Å². The van der Waals surface area contributed by atoms with E-state index in [2.05, 4.69) is 0 Å². The largest absolute Gasteiger partial charge is 0.502 e. The minimum absolute atomic E-state index is 0.0656. The fourth-order valence-corrected chi connectivity index (χ4v) is 1.79. The maximum Gasteiger partial charge on any atom is 0.312 e. The monoisotopic (exact) mass is 227 g/mol. The molecule has 0 aliphatic carbocycles. The molecule has 0 heterocycles. The molecule has 4 nitrogen and oxygen atoms in total. The van der Waals surface area contributed by atoms with Gasteiger partial charge in [0, 0.05) is 16.5 Å². The highest BCUT2D eigenvalue weighted by Gasteiger charge is 2.20. The van der Waals surface area contributed by atoms with Crippen molar-refractivity contribution in [1.82, 2.24) is 0 Å². The third-order valence-electron chi connectivity index (χ3n) is 2.15. The van der Waals surface area contributed by atoms with Crippen molar-refractivity contribution in [3.63, 3.8) is 0 Å². The summed E-state index contributed by atoms with van der Waals surface area (Å²) in [5.41, 5.74) is 0.402. The second-order valence-electron chi connectivity index (χ2n) is 3.50. The number of rotatable bonds is 3. The van der Waals surface area contributed by atoms with Crippen LogP contribution in [0, 0.1) is 10.1 Å². The Morgan fingerprint density at radius 1 is 1.47 bits per heavy atom. The first kappa shape index (κ1) is 11.8. The normalized spacial score (nSPS) is 10.7. The second kappa shape index (κ2) is 4.53. The van der Waals surface area contributed by atoms with E-state index in [-0.39, 0.29) is 17.4 Å². The van der Waals surface area contributed by atoms with Gasteiger partial charge in [-0.3, -0.25) is 10.1 Å². The lowest BCUT2D eigenvalue weighted by Gasteiger charge is -2.10. The van der Waals surface area contributed by atoms with Gasteiger partial charge in [-0.05, 0) is 18.2 Å². The molecule has 0 saturated carbocycles. The first-order chi connectivity index (χ1) is 6.97. The maximum atomic E-state index is 10.7. The van der Waals surface area contributed by atoms with Gasteiger partial charge in [0.15, 0.2) is 5.75 Å². The summed E-state index contributed by atoms with van der Waals surface area (Å²) >= 11 is 1.43. The first-order valence-electron chi connectivity index (χ1n) is 4.52. The molecular formula is C10H13NO3S. The van der Waals surface area contributed by atoms with E-state index >= 15 is 0 Å². The molecule has 0 amide bonds. The van der Waals surface area contributed by atoms with Gasteiger partial charge in [-0.15, -0.1) is 11.8 Å². The SMILES string of the molecule is CSc1cc(C(C)C)c(O)c([N+](=O)[O-])c1. The summed E-state index contributed by atoms with van der Waals surface area (Å²) in [6, 6.07) is 3.18. The molecule has 0 unspecified atom stereocenters. The van der Waals surface area contributed by atoms with Crippen LogP contribution in [0.25, 0.3) is 0 Å². The van der Waals surface area contributed by atoms with Crippen LogP contribution in [0.5, 0.6) is 5.75 Å². The van der Waals surface area contributed by atoms with Crippen LogP contribution in [0.3, 0.4) is 0 Å². The molecule has 15 heavy (non-hydrogen) atoms. The summed E-state index contributed by atoms with van der Waals surface area (Å²) in [4.78, 5) is 10.9. The molecule has 1 aromatic carbocycles. The van der Waals surface area contributed by atoms with E-state index in [4.69, 9.17) is 0 Å². The summed E-state index contributed by atoms with van der Waals surface area (Å²) in [5, 5.41) is 20.4. The van der Waals surface area contributed by atoms with Crippen LogP contribution in [-0.2, 0) is 0 Å². The number of hydrogen-bond donors (Lipinski definition) is 1.